The highest BCUT2D eigenvalue weighted by molar-refractivity contribution is 7.17. The van der Waals surface area contributed by atoms with Gasteiger partial charge in [0, 0.05) is 15.8 Å². The number of methoxy groups -OCH3 is 1. The van der Waals surface area contributed by atoms with Gasteiger partial charge in [-0.05, 0) is 48.3 Å². The van der Waals surface area contributed by atoms with Crippen LogP contribution in [0.15, 0.2) is 23.6 Å². The van der Waals surface area contributed by atoms with Gasteiger partial charge in [0.05, 0.1) is 12.7 Å². The Kier molecular flexibility index (Phi) is 5.71. The maximum absolute atomic E-state index is 12.3. The average molecular weight is 376 g/mol. The van der Waals surface area contributed by atoms with Crippen LogP contribution in [0.4, 0.5) is 5.00 Å². The van der Waals surface area contributed by atoms with Gasteiger partial charge in [-0.2, -0.15) is 0 Å². The molecule has 2 aromatic heterocycles. The Hall–Kier alpha value is -1.92. The number of carbonyl (C=O) groups is 2. The molecule has 0 saturated heterocycles. The number of rotatable bonds is 5. The molecule has 1 N–H and O–H groups in total. The lowest BCUT2D eigenvalue weighted by molar-refractivity contribution is -0.111. The van der Waals surface area contributed by atoms with Crippen LogP contribution in [0.3, 0.4) is 0 Å². The van der Waals surface area contributed by atoms with Gasteiger partial charge in [0.1, 0.15) is 5.00 Å². The topological polar surface area (TPSA) is 55.4 Å². The van der Waals surface area contributed by atoms with Crippen LogP contribution in [0.2, 0.25) is 0 Å². The largest absolute Gasteiger partial charge is 0.465 e. The van der Waals surface area contributed by atoms with Crippen molar-refractivity contribution in [3.05, 3.63) is 44.5 Å². The number of carbonyl (C=O) groups excluding carboxylic acids is 2. The molecule has 6 heteroatoms. The van der Waals surface area contributed by atoms with Crippen LogP contribution in [-0.2, 0) is 22.4 Å². The zero-order valence-corrected chi connectivity index (χ0v) is 16.0. The number of fused-ring (bicyclic) bond motifs is 1. The second-order valence-electron chi connectivity index (χ2n) is 6.05. The standard InChI is InChI=1S/C19H21NO3S2/c1-3-12-6-8-14-15(11-12)25-18(17(14)19(22)23-2)20-16(21)9-7-13-5-4-10-24-13/h4-5,7,9-10,12H,3,6,8,11H2,1-2H3,(H,20,21)/b9-7+. The summed E-state index contributed by atoms with van der Waals surface area (Å²) in [7, 11) is 1.38. The lowest BCUT2D eigenvalue weighted by atomic mass is 9.86. The molecule has 1 aliphatic rings. The summed E-state index contributed by atoms with van der Waals surface area (Å²) < 4.78 is 4.96. The van der Waals surface area contributed by atoms with Gasteiger partial charge in [-0.25, -0.2) is 4.79 Å². The average Bonchev–Trinajstić information content (AvgIpc) is 3.25. The number of nitrogens with one attached hydrogen (secondary N) is 1. The third-order valence-electron chi connectivity index (χ3n) is 4.51. The van der Waals surface area contributed by atoms with E-state index in [2.05, 4.69) is 12.2 Å². The van der Waals surface area contributed by atoms with Gasteiger partial charge in [0.25, 0.3) is 0 Å². The minimum atomic E-state index is -0.370. The predicted molar refractivity (Wildman–Crippen MR) is 103 cm³/mol. The Labute approximate surface area is 155 Å². The van der Waals surface area contributed by atoms with Crippen molar-refractivity contribution in [2.75, 3.05) is 12.4 Å². The molecule has 0 bridgehead atoms. The Morgan fingerprint density at radius 3 is 2.96 bits per heavy atom. The maximum atomic E-state index is 12.3. The summed E-state index contributed by atoms with van der Waals surface area (Å²) in [6, 6.07) is 3.89. The zero-order valence-electron chi connectivity index (χ0n) is 14.3. The molecule has 25 heavy (non-hydrogen) atoms. The first-order chi connectivity index (χ1) is 12.1. The molecule has 0 spiro atoms. The van der Waals surface area contributed by atoms with Crippen molar-refractivity contribution >= 4 is 45.6 Å². The fraction of sp³-hybridized carbons (Fsp3) is 0.368. The smallest absolute Gasteiger partial charge is 0.341 e. The van der Waals surface area contributed by atoms with Gasteiger partial charge in [-0.1, -0.05) is 19.4 Å². The molecular formula is C19H21NO3S2. The SMILES string of the molecule is CCC1CCc2c(sc(NC(=O)/C=C/c3cccs3)c2C(=O)OC)C1. The van der Waals surface area contributed by atoms with Crippen LogP contribution in [0.1, 0.15) is 45.4 Å². The van der Waals surface area contributed by atoms with Crippen molar-refractivity contribution in [2.45, 2.75) is 32.6 Å². The first kappa shape index (κ1) is 17.9. The first-order valence-electron chi connectivity index (χ1n) is 8.37. The summed E-state index contributed by atoms with van der Waals surface area (Å²) in [5.74, 6) is 0.0492. The van der Waals surface area contributed by atoms with E-state index in [1.807, 2.05) is 17.5 Å². The van der Waals surface area contributed by atoms with Gasteiger partial charge in [0.2, 0.25) is 5.91 Å². The van der Waals surface area contributed by atoms with Crippen molar-refractivity contribution in [1.82, 2.24) is 0 Å². The minimum Gasteiger partial charge on any atom is -0.465 e. The quantitative estimate of drug-likeness (QED) is 0.605. The highest BCUT2D eigenvalue weighted by atomic mass is 32.1. The Morgan fingerprint density at radius 2 is 2.28 bits per heavy atom. The first-order valence-corrected chi connectivity index (χ1v) is 10.1. The van der Waals surface area contributed by atoms with Crippen molar-refractivity contribution in [3.8, 4) is 0 Å². The Bertz CT molecular complexity index is 790. The van der Waals surface area contributed by atoms with Crippen LogP contribution in [0, 0.1) is 5.92 Å². The number of esters is 1. The van der Waals surface area contributed by atoms with E-state index in [0.29, 0.717) is 16.5 Å². The molecule has 2 aromatic rings. The molecule has 0 aromatic carbocycles. The maximum Gasteiger partial charge on any atom is 0.341 e. The lowest BCUT2D eigenvalue weighted by Gasteiger charge is -2.20. The van der Waals surface area contributed by atoms with Gasteiger partial charge < -0.3 is 10.1 Å². The normalized spacial score (nSPS) is 16.6. The van der Waals surface area contributed by atoms with E-state index in [1.165, 1.54) is 29.4 Å². The molecule has 132 valence electrons. The molecule has 0 radical (unpaired) electrons. The zero-order chi connectivity index (χ0) is 17.8. The third-order valence-corrected chi connectivity index (χ3v) is 6.52. The fourth-order valence-corrected chi connectivity index (χ4v) is 5.08. The second kappa shape index (κ2) is 7.97. The molecular weight excluding hydrogens is 354 g/mol. The van der Waals surface area contributed by atoms with Crippen LogP contribution in [0.5, 0.6) is 0 Å². The lowest BCUT2D eigenvalue weighted by Crippen LogP contribution is -2.15. The van der Waals surface area contributed by atoms with E-state index in [1.54, 1.807) is 17.4 Å². The molecule has 1 atom stereocenters. The predicted octanol–water partition coefficient (Wildman–Crippen LogP) is 4.76. The summed E-state index contributed by atoms with van der Waals surface area (Å²) in [6.45, 7) is 2.20. The molecule has 0 aliphatic heterocycles. The van der Waals surface area contributed by atoms with E-state index < -0.39 is 0 Å². The number of amides is 1. The number of thiophene rings is 2. The molecule has 4 nitrogen and oxygen atoms in total. The van der Waals surface area contributed by atoms with Crippen molar-refractivity contribution in [3.63, 3.8) is 0 Å². The van der Waals surface area contributed by atoms with Crippen molar-refractivity contribution < 1.29 is 14.3 Å². The third kappa shape index (κ3) is 4.02. The minimum absolute atomic E-state index is 0.232. The molecule has 1 amide bonds. The van der Waals surface area contributed by atoms with E-state index in [9.17, 15) is 9.59 Å². The Morgan fingerprint density at radius 1 is 1.44 bits per heavy atom. The Balaban J connectivity index is 1.83. The fourth-order valence-electron chi connectivity index (χ4n) is 3.11. The van der Waals surface area contributed by atoms with E-state index >= 15 is 0 Å². The van der Waals surface area contributed by atoms with Crippen LogP contribution in [-0.4, -0.2) is 19.0 Å². The molecule has 2 heterocycles. The van der Waals surface area contributed by atoms with Crippen molar-refractivity contribution in [2.24, 2.45) is 5.92 Å². The summed E-state index contributed by atoms with van der Waals surface area (Å²) in [5, 5.41) is 5.44. The number of hydrogen-bond donors (Lipinski definition) is 1. The number of anilines is 1. The molecule has 0 saturated carbocycles. The number of hydrogen-bond acceptors (Lipinski definition) is 5. The molecule has 0 fully saturated rings. The highest BCUT2D eigenvalue weighted by Crippen LogP contribution is 2.40. The molecule has 3 rings (SSSR count). The van der Waals surface area contributed by atoms with Gasteiger partial charge >= 0.3 is 5.97 Å². The van der Waals surface area contributed by atoms with E-state index in [4.69, 9.17) is 4.74 Å². The van der Waals surface area contributed by atoms with E-state index in [0.717, 1.165) is 36.1 Å². The van der Waals surface area contributed by atoms with E-state index in [-0.39, 0.29) is 11.9 Å². The summed E-state index contributed by atoms with van der Waals surface area (Å²) in [6.07, 6.45) is 7.34. The van der Waals surface area contributed by atoms with Crippen LogP contribution < -0.4 is 5.32 Å². The van der Waals surface area contributed by atoms with Gasteiger partial charge in [-0.3, -0.25) is 4.79 Å². The van der Waals surface area contributed by atoms with Gasteiger partial charge in [0.15, 0.2) is 0 Å². The summed E-state index contributed by atoms with van der Waals surface area (Å²) in [4.78, 5) is 26.7. The second-order valence-corrected chi connectivity index (χ2v) is 8.14. The van der Waals surface area contributed by atoms with Crippen LogP contribution >= 0.6 is 22.7 Å². The van der Waals surface area contributed by atoms with Gasteiger partial charge in [-0.15, -0.1) is 22.7 Å². The van der Waals surface area contributed by atoms with Crippen LogP contribution in [0.25, 0.3) is 6.08 Å². The van der Waals surface area contributed by atoms with Crippen molar-refractivity contribution in [1.29, 1.82) is 0 Å². The highest BCUT2D eigenvalue weighted by Gasteiger charge is 2.29. The summed E-state index contributed by atoms with van der Waals surface area (Å²) in [5.41, 5.74) is 1.59. The monoisotopic (exact) mass is 375 g/mol. The molecule has 1 unspecified atom stereocenters. The summed E-state index contributed by atoms with van der Waals surface area (Å²) >= 11 is 3.08. The number of ether oxygens (including phenoxy) is 1. The molecule has 1 aliphatic carbocycles.